The van der Waals surface area contributed by atoms with Crippen LogP contribution in [0.1, 0.15) is 11.1 Å². The quantitative estimate of drug-likeness (QED) is 0.634. The molecule has 0 aliphatic carbocycles. The van der Waals surface area contributed by atoms with Gasteiger partial charge in [0.2, 0.25) is 0 Å². The minimum absolute atomic E-state index is 0.0757. The molecule has 1 heterocycles. The van der Waals surface area contributed by atoms with Gasteiger partial charge in [0.25, 0.3) is 5.69 Å². The van der Waals surface area contributed by atoms with Crippen molar-refractivity contribution in [3.8, 4) is 0 Å². The third-order valence-corrected chi connectivity index (χ3v) is 3.10. The molecular formula is C12H13F3N2O3. The van der Waals surface area contributed by atoms with Crippen LogP contribution in [0.5, 0.6) is 0 Å². The number of hydrogen-bond acceptors (Lipinski definition) is 4. The molecule has 0 spiro atoms. The zero-order valence-corrected chi connectivity index (χ0v) is 10.5. The Hall–Kier alpha value is -1.67. The van der Waals surface area contributed by atoms with Crippen LogP contribution < -0.4 is 0 Å². The lowest BCUT2D eigenvalue weighted by atomic mass is 10.1. The van der Waals surface area contributed by atoms with Crippen molar-refractivity contribution >= 4 is 5.69 Å². The SMILES string of the molecule is O=[N+]([O-])c1ccc(C(F)(F)F)cc1CN1CCOCC1. The summed E-state index contributed by atoms with van der Waals surface area (Å²) in [6.45, 7) is 2.17. The fourth-order valence-electron chi connectivity index (χ4n) is 2.07. The summed E-state index contributed by atoms with van der Waals surface area (Å²) < 4.78 is 43.2. The number of benzene rings is 1. The summed E-state index contributed by atoms with van der Waals surface area (Å²) in [6, 6.07) is 2.51. The number of nitrogens with zero attached hydrogens (tertiary/aromatic N) is 2. The first kappa shape index (κ1) is 14.7. The molecule has 20 heavy (non-hydrogen) atoms. The van der Waals surface area contributed by atoms with Gasteiger partial charge in [-0.05, 0) is 12.1 Å². The van der Waals surface area contributed by atoms with E-state index in [4.69, 9.17) is 4.74 Å². The molecule has 2 rings (SSSR count). The number of morpholine rings is 1. The van der Waals surface area contributed by atoms with Crippen molar-refractivity contribution in [3.05, 3.63) is 39.4 Å². The molecule has 0 aromatic heterocycles. The molecule has 0 atom stereocenters. The average Bonchev–Trinajstić information content (AvgIpc) is 2.38. The number of alkyl halides is 3. The van der Waals surface area contributed by atoms with Crippen LogP contribution in [0.15, 0.2) is 18.2 Å². The highest BCUT2D eigenvalue weighted by atomic mass is 19.4. The van der Waals surface area contributed by atoms with Crippen LogP contribution in [0, 0.1) is 10.1 Å². The van der Waals surface area contributed by atoms with Crippen molar-refractivity contribution in [2.75, 3.05) is 26.3 Å². The molecule has 0 radical (unpaired) electrons. The van der Waals surface area contributed by atoms with Crippen molar-refractivity contribution < 1.29 is 22.8 Å². The van der Waals surface area contributed by atoms with Gasteiger partial charge < -0.3 is 4.74 Å². The lowest BCUT2D eigenvalue weighted by Crippen LogP contribution is -2.35. The molecule has 0 unspecified atom stereocenters. The Labute approximate surface area is 113 Å². The smallest absolute Gasteiger partial charge is 0.379 e. The van der Waals surface area contributed by atoms with Gasteiger partial charge in [-0.15, -0.1) is 0 Å². The molecule has 5 nitrogen and oxygen atoms in total. The summed E-state index contributed by atoms with van der Waals surface area (Å²) in [5.41, 5.74) is -1.08. The summed E-state index contributed by atoms with van der Waals surface area (Å²) in [5, 5.41) is 10.9. The van der Waals surface area contributed by atoms with Crippen molar-refractivity contribution in [2.45, 2.75) is 12.7 Å². The third-order valence-electron chi connectivity index (χ3n) is 3.10. The van der Waals surface area contributed by atoms with E-state index in [0.717, 1.165) is 18.2 Å². The zero-order chi connectivity index (χ0) is 14.8. The predicted molar refractivity (Wildman–Crippen MR) is 64.2 cm³/mol. The van der Waals surface area contributed by atoms with Gasteiger partial charge in [-0.2, -0.15) is 13.2 Å². The van der Waals surface area contributed by atoms with Gasteiger partial charge in [0.15, 0.2) is 0 Å². The van der Waals surface area contributed by atoms with Crippen LogP contribution in [0.2, 0.25) is 0 Å². The fraction of sp³-hybridized carbons (Fsp3) is 0.500. The summed E-state index contributed by atoms with van der Waals surface area (Å²) >= 11 is 0. The number of halogens is 3. The van der Waals surface area contributed by atoms with Crippen LogP contribution >= 0.6 is 0 Å². The number of nitro benzene ring substituents is 1. The first-order chi connectivity index (χ1) is 9.38. The lowest BCUT2D eigenvalue weighted by Gasteiger charge is -2.26. The monoisotopic (exact) mass is 290 g/mol. The van der Waals surface area contributed by atoms with Gasteiger partial charge in [0, 0.05) is 31.3 Å². The number of nitro groups is 1. The molecule has 0 N–H and O–H groups in total. The van der Waals surface area contributed by atoms with Crippen molar-refractivity contribution in [2.24, 2.45) is 0 Å². The van der Waals surface area contributed by atoms with E-state index in [2.05, 4.69) is 0 Å². The normalized spacial score (nSPS) is 17.1. The van der Waals surface area contributed by atoms with Gasteiger partial charge in [0.05, 0.1) is 23.7 Å². The van der Waals surface area contributed by atoms with Gasteiger partial charge in [-0.3, -0.25) is 15.0 Å². The molecule has 0 amide bonds. The van der Waals surface area contributed by atoms with E-state index in [1.807, 2.05) is 4.90 Å². The van der Waals surface area contributed by atoms with E-state index < -0.39 is 16.7 Å². The maximum absolute atomic E-state index is 12.7. The summed E-state index contributed by atoms with van der Waals surface area (Å²) in [7, 11) is 0. The maximum atomic E-state index is 12.7. The van der Waals surface area contributed by atoms with E-state index in [0.29, 0.717) is 26.3 Å². The Morgan fingerprint density at radius 3 is 2.50 bits per heavy atom. The number of hydrogen-bond donors (Lipinski definition) is 0. The molecule has 1 fully saturated rings. The van der Waals surface area contributed by atoms with Crippen LogP contribution in [0.25, 0.3) is 0 Å². The van der Waals surface area contributed by atoms with Gasteiger partial charge in [-0.25, -0.2) is 0 Å². The highest BCUT2D eigenvalue weighted by Crippen LogP contribution is 2.33. The number of rotatable bonds is 3. The molecule has 110 valence electrons. The third kappa shape index (κ3) is 3.45. The molecule has 0 bridgehead atoms. The second kappa shape index (κ2) is 5.76. The van der Waals surface area contributed by atoms with Crippen LogP contribution in [0.4, 0.5) is 18.9 Å². The Kier molecular flexibility index (Phi) is 4.24. The first-order valence-electron chi connectivity index (χ1n) is 6.02. The Bertz CT molecular complexity index is 499. The second-order valence-electron chi connectivity index (χ2n) is 4.49. The first-order valence-corrected chi connectivity index (χ1v) is 6.02. The average molecular weight is 290 g/mol. The number of ether oxygens (including phenoxy) is 1. The fourth-order valence-corrected chi connectivity index (χ4v) is 2.07. The molecule has 0 saturated carbocycles. The van der Waals surface area contributed by atoms with Crippen molar-refractivity contribution in [1.82, 2.24) is 4.90 Å². The molecule has 1 aliphatic heterocycles. The van der Waals surface area contributed by atoms with Gasteiger partial charge in [0.1, 0.15) is 0 Å². The Morgan fingerprint density at radius 2 is 1.95 bits per heavy atom. The Morgan fingerprint density at radius 1 is 1.30 bits per heavy atom. The van der Waals surface area contributed by atoms with E-state index in [9.17, 15) is 23.3 Å². The standard InChI is InChI=1S/C12H13F3N2O3/c13-12(14,15)10-1-2-11(17(18)19)9(7-10)8-16-3-5-20-6-4-16/h1-2,7H,3-6,8H2. The topological polar surface area (TPSA) is 55.6 Å². The molecular weight excluding hydrogens is 277 g/mol. The van der Waals surface area contributed by atoms with Gasteiger partial charge in [-0.1, -0.05) is 0 Å². The summed E-state index contributed by atoms with van der Waals surface area (Å²) in [5.74, 6) is 0. The maximum Gasteiger partial charge on any atom is 0.416 e. The van der Waals surface area contributed by atoms with E-state index in [-0.39, 0.29) is 17.8 Å². The lowest BCUT2D eigenvalue weighted by molar-refractivity contribution is -0.385. The van der Waals surface area contributed by atoms with Crippen molar-refractivity contribution in [3.63, 3.8) is 0 Å². The van der Waals surface area contributed by atoms with Crippen LogP contribution in [-0.2, 0) is 17.5 Å². The molecule has 1 aromatic rings. The van der Waals surface area contributed by atoms with Crippen molar-refractivity contribution in [1.29, 1.82) is 0 Å². The minimum atomic E-state index is -4.51. The minimum Gasteiger partial charge on any atom is -0.379 e. The zero-order valence-electron chi connectivity index (χ0n) is 10.5. The van der Waals surface area contributed by atoms with E-state index in [1.54, 1.807) is 0 Å². The van der Waals surface area contributed by atoms with Crippen LogP contribution in [0.3, 0.4) is 0 Å². The van der Waals surface area contributed by atoms with E-state index >= 15 is 0 Å². The summed E-state index contributed by atoms with van der Waals surface area (Å²) in [4.78, 5) is 12.1. The molecule has 8 heteroatoms. The van der Waals surface area contributed by atoms with E-state index in [1.165, 1.54) is 0 Å². The molecule has 1 aromatic carbocycles. The highest BCUT2D eigenvalue weighted by molar-refractivity contribution is 5.43. The molecule has 1 saturated heterocycles. The summed E-state index contributed by atoms with van der Waals surface area (Å²) in [6.07, 6.45) is -4.51. The Balaban J connectivity index is 2.29. The largest absolute Gasteiger partial charge is 0.416 e. The second-order valence-corrected chi connectivity index (χ2v) is 4.49. The molecule has 1 aliphatic rings. The predicted octanol–water partition coefficient (Wildman–Crippen LogP) is 2.45. The van der Waals surface area contributed by atoms with Gasteiger partial charge >= 0.3 is 6.18 Å². The highest BCUT2D eigenvalue weighted by Gasteiger charge is 2.32. The van der Waals surface area contributed by atoms with Crippen LogP contribution in [-0.4, -0.2) is 36.1 Å².